The van der Waals surface area contributed by atoms with E-state index in [9.17, 15) is 4.79 Å². The first kappa shape index (κ1) is 11.9. The Bertz CT molecular complexity index is 608. The largest absolute Gasteiger partial charge is 0.319 e. The van der Waals surface area contributed by atoms with E-state index in [1.54, 1.807) is 0 Å². The molecule has 0 bridgehead atoms. The van der Waals surface area contributed by atoms with Crippen molar-refractivity contribution >= 4 is 11.6 Å². The predicted octanol–water partition coefficient (Wildman–Crippen LogP) is 2.55. The minimum atomic E-state index is -0.270. The van der Waals surface area contributed by atoms with Crippen LogP contribution in [-0.2, 0) is 0 Å². The number of nitrogens with one attached hydrogen (secondary N) is 2. The number of amides is 1. The van der Waals surface area contributed by atoms with E-state index in [0.29, 0.717) is 5.92 Å². The van der Waals surface area contributed by atoms with Crippen LogP contribution < -0.4 is 5.32 Å². The van der Waals surface area contributed by atoms with Crippen LogP contribution in [0.2, 0.25) is 0 Å². The molecule has 5 heteroatoms. The number of aryl methyl sites for hydroxylation is 2. The van der Waals surface area contributed by atoms with Gasteiger partial charge in [-0.05, 0) is 49.9 Å². The molecular formula is C14H16N4O. The highest BCUT2D eigenvalue weighted by Gasteiger charge is 2.28. The fourth-order valence-corrected chi connectivity index (χ4v) is 2.15. The number of anilines is 1. The summed E-state index contributed by atoms with van der Waals surface area (Å²) in [4.78, 5) is 16.3. The molecule has 1 amide bonds. The number of nitrogens with zero attached hydrogens (tertiary/aromatic N) is 2. The molecule has 1 fully saturated rings. The zero-order valence-electron chi connectivity index (χ0n) is 11.0. The molecule has 1 saturated carbocycles. The highest BCUT2D eigenvalue weighted by atomic mass is 16.2. The van der Waals surface area contributed by atoms with Gasteiger partial charge in [0.15, 0.2) is 0 Å². The Labute approximate surface area is 111 Å². The molecule has 1 aliphatic rings. The van der Waals surface area contributed by atoms with E-state index < -0.39 is 0 Å². The number of aromatic amines is 1. The molecule has 1 aromatic carbocycles. The Morgan fingerprint density at radius 2 is 1.95 bits per heavy atom. The summed E-state index contributed by atoms with van der Waals surface area (Å²) in [6, 6.07) is 5.92. The van der Waals surface area contributed by atoms with Gasteiger partial charge in [0, 0.05) is 11.6 Å². The number of carbonyl (C=O) groups is 1. The number of hydrogen-bond donors (Lipinski definition) is 2. The highest BCUT2D eigenvalue weighted by molar-refractivity contribution is 6.01. The van der Waals surface area contributed by atoms with Gasteiger partial charge < -0.3 is 5.32 Å². The maximum Gasteiger partial charge on any atom is 0.295 e. The topological polar surface area (TPSA) is 70.7 Å². The zero-order chi connectivity index (χ0) is 13.4. The van der Waals surface area contributed by atoms with Gasteiger partial charge in [-0.15, -0.1) is 5.10 Å². The van der Waals surface area contributed by atoms with Crippen molar-refractivity contribution in [3.8, 4) is 0 Å². The van der Waals surface area contributed by atoms with Gasteiger partial charge in [0.25, 0.3) is 5.91 Å². The maximum absolute atomic E-state index is 12.0. The van der Waals surface area contributed by atoms with Gasteiger partial charge >= 0.3 is 0 Å². The van der Waals surface area contributed by atoms with Crippen molar-refractivity contribution in [3.63, 3.8) is 0 Å². The second-order valence-electron chi connectivity index (χ2n) is 5.15. The number of carbonyl (C=O) groups excluding carboxylic acids is 1. The highest BCUT2D eigenvalue weighted by Crippen LogP contribution is 2.37. The first-order valence-electron chi connectivity index (χ1n) is 6.44. The third-order valence-electron chi connectivity index (χ3n) is 3.15. The summed E-state index contributed by atoms with van der Waals surface area (Å²) in [5, 5.41) is 9.63. The van der Waals surface area contributed by atoms with Crippen molar-refractivity contribution in [1.82, 2.24) is 15.2 Å². The smallest absolute Gasteiger partial charge is 0.295 e. The predicted molar refractivity (Wildman–Crippen MR) is 72.2 cm³/mol. The Morgan fingerprint density at radius 3 is 2.58 bits per heavy atom. The molecule has 3 rings (SSSR count). The van der Waals surface area contributed by atoms with Gasteiger partial charge in [-0.25, -0.2) is 4.98 Å². The van der Waals surface area contributed by atoms with Crippen LogP contribution in [0.15, 0.2) is 18.2 Å². The van der Waals surface area contributed by atoms with Gasteiger partial charge in [-0.2, -0.15) is 0 Å². The van der Waals surface area contributed by atoms with E-state index in [4.69, 9.17) is 0 Å². The van der Waals surface area contributed by atoms with Gasteiger partial charge in [-0.1, -0.05) is 6.07 Å². The normalized spacial score (nSPS) is 14.4. The van der Waals surface area contributed by atoms with Gasteiger partial charge in [0.1, 0.15) is 5.82 Å². The second-order valence-corrected chi connectivity index (χ2v) is 5.15. The summed E-state index contributed by atoms with van der Waals surface area (Å²) in [6.45, 7) is 4.00. The zero-order valence-corrected chi connectivity index (χ0v) is 11.0. The number of hydrogen-bond acceptors (Lipinski definition) is 3. The van der Waals surface area contributed by atoms with Crippen molar-refractivity contribution in [2.24, 2.45) is 0 Å². The first-order valence-corrected chi connectivity index (χ1v) is 6.44. The molecule has 1 aromatic heterocycles. The fourth-order valence-electron chi connectivity index (χ4n) is 2.15. The van der Waals surface area contributed by atoms with Crippen LogP contribution in [0, 0.1) is 13.8 Å². The average molecular weight is 256 g/mol. The molecule has 0 radical (unpaired) electrons. The monoisotopic (exact) mass is 256 g/mol. The minimum absolute atomic E-state index is 0.209. The van der Waals surface area contributed by atoms with Crippen molar-refractivity contribution in [2.45, 2.75) is 32.6 Å². The molecule has 2 aromatic rings. The molecule has 0 unspecified atom stereocenters. The molecule has 19 heavy (non-hydrogen) atoms. The van der Waals surface area contributed by atoms with E-state index in [-0.39, 0.29) is 11.7 Å². The molecule has 0 spiro atoms. The van der Waals surface area contributed by atoms with Gasteiger partial charge in [0.2, 0.25) is 5.82 Å². The Hall–Kier alpha value is -2.17. The Balaban J connectivity index is 1.75. The fraction of sp³-hybridized carbons (Fsp3) is 0.357. The van der Waals surface area contributed by atoms with Crippen molar-refractivity contribution in [1.29, 1.82) is 0 Å². The lowest BCUT2D eigenvalue weighted by molar-refractivity contribution is 0.101. The SMILES string of the molecule is Cc1cc(C)cc(NC(=O)c2n[nH]c(C3CC3)n2)c1. The number of H-pyrrole nitrogens is 1. The molecule has 0 saturated heterocycles. The lowest BCUT2D eigenvalue weighted by Crippen LogP contribution is -2.14. The van der Waals surface area contributed by atoms with Crippen LogP contribution >= 0.6 is 0 Å². The van der Waals surface area contributed by atoms with Crippen molar-refractivity contribution in [3.05, 3.63) is 41.0 Å². The molecular weight excluding hydrogens is 240 g/mol. The van der Waals surface area contributed by atoms with Crippen LogP contribution in [0.4, 0.5) is 5.69 Å². The quantitative estimate of drug-likeness (QED) is 0.886. The molecule has 2 N–H and O–H groups in total. The average Bonchev–Trinajstić information content (AvgIpc) is 3.05. The van der Waals surface area contributed by atoms with E-state index in [0.717, 1.165) is 35.5 Å². The van der Waals surface area contributed by atoms with Crippen LogP contribution in [0.1, 0.15) is 46.3 Å². The summed E-state index contributed by atoms with van der Waals surface area (Å²) < 4.78 is 0. The maximum atomic E-state index is 12.0. The Kier molecular flexibility index (Phi) is 2.81. The third-order valence-corrected chi connectivity index (χ3v) is 3.15. The van der Waals surface area contributed by atoms with Crippen molar-refractivity contribution < 1.29 is 4.79 Å². The third kappa shape index (κ3) is 2.65. The molecule has 5 nitrogen and oxygen atoms in total. The summed E-state index contributed by atoms with van der Waals surface area (Å²) in [6.07, 6.45) is 2.26. The molecule has 1 heterocycles. The summed E-state index contributed by atoms with van der Waals surface area (Å²) in [5.74, 6) is 1.23. The van der Waals surface area contributed by atoms with E-state index in [2.05, 4.69) is 26.6 Å². The van der Waals surface area contributed by atoms with E-state index in [1.807, 2.05) is 26.0 Å². The minimum Gasteiger partial charge on any atom is -0.319 e. The number of aromatic nitrogens is 3. The summed E-state index contributed by atoms with van der Waals surface area (Å²) in [7, 11) is 0. The van der Waals surface area contributed by atoms with Crippen LogP contribution in [0.25, 0.3) is 0 Å². The summed E-state index contributed by atoms with van der Waals surface area (Å²) in [5.41, 5.74) is 3.01. The van der Waals surface area contributed by atoms with E-state index >= 15 is 0 Å². The number of benzene rings is 1. The van der Waals surface area contributed by atoms with Gasteiger partial charge in [-0.3, -0.25) is 9.89 Å². The first-order chi connectivity index (χ1) is 9.11. The molecule has 98 valence electrons. The van der Waals surface area contributed by atoms with Crippen LogP contribution in [0.3, 0.4) is 0 Å². The lowest BCUT2D eigenvalue weighted by Gasteiger charge is -2.05. The molecule has 0 aliphatic heterocycles. The molecule has 1 aliphatic carbocycles. The summed E-state index contributed by atoms with van der Waals surface area (Å²) >= 11 is 0. The van der Waals surface area contributed by atoms with Crippen molar-refractivity contribution in [2.75, 3.05) is 5.32 Å². The number of rotatable bonds is 3. The van der Waals surface area contributed by atoms with Crippen LogP contribution in [-0.4, -0.2) is 21.1 Å². The van der Waals surface area contributed by atoms with Crippen LogP contribution in [0.5, 0.6) is 0 Å². The standard InChI is InChI=1S/C14H16N4O/c1-8-5-9(2)7-11(6-8)15-14(19)13-16-12(17-18-13)10-3-4-10/h5-7,10H,3-4H2,1-2H3,(H,15,19)(H,16,17,18). The van der Waals surface area contributed by atoms with E-state index in [1.165, 1.54) is 0 Å². The lowest BCUT2D eigenvalue weighted by atomic mass is 10.1. The Morgan fingerprint density at radius 1 is 1.26 bits per heavy atom. The molecule has 0 atom stereocenters. The second kappa shape index (κ2) is 4.50. The van der Waals surface area contributed by atoms with Gasteiger partial charge in [0.05, 0.1) is 0 Å².